The van der Waals surface area contributed by atoms with Crippen LogP contribution < -0.4 is 5.56 Å². The Hall–Kier alpha value is -3.69. The third-order valence-electron chi connectivity index (χ3n) is 5.49. The molecule has 0 unspecified atom stereocenters. The van der Waals surface area contributed by atoms with Crippen LogP contribution in [0.15, 0.2) is 81.1 Å². The summed E-state index contributed by atoms with van der Waals surface area (Å²) >= 11 is 2.91. The monoisotopic (exact) mass is 514 g/mol. The van der Waals surface area contributed by atoms with E-state index in [2.05, 4.69) is 41.1 Å². The van der Waals surface area contributed by atoms with Crippen LogP contribution in [0.5, 0.6) is 0 Å². The van der Waals surface area contributed by atoms with Crippen molar-refractivity contribution in [2.45, 2.75) is 34.1 Å². The first-order valence-corrected chi connectivity index (χ1v) is 13.3. The molecule has 0 bridgehead atoms. The van der Waals surface area contributed by atoms with Gasteiger partial charge in [0.2, 0.25) is 10.3 Å². The molecule has 0 aliphatic carbocycles. The largest absolute Gasteiger partial charge is 0.301 e. The van der Waals surface area contributed by atoms with Crippen LogP contribution in [-0.4, -0.2) is 19.7 Å². The van der Waals surface area contributed by atoms with E-state index in [1.54, 1.807) is 0 Å². The summed E-state index contributed by atoms with van der Waals surface area (Å²) in [5, 5.41) is 15.0. The summed E-state index contributed by atoms with van der Waals surface area (Å²) in [5.41, 5.74) is 4.24. The molecule has 0 aliphatic heterocycles. The average Bonchev–Trinajstić information content (AvgIpc) is 3.56. The second-order valence-corrected chi connectivity index (χ2v) is 11.6. The van der Waals surface area contributed by atoms with Crippen LogP contribution >= 0.6 is 22.7 Å². The van der Waals surface area contributed by atoms with E-state index >= 15 is 0 Å². The summed E-state index contributed by atoms with van der Waals surface area (Å²) in [6.07, 6.45) is 0.909. The first kappa shape index (κ1) is 24.0. The van der Waals surface area contributed by atoms with Crippen molar-refractivity contribution in [3.05, 3.63) is 87.0 Å². The number of nitrogens with one attached hydrogen (secondary N) is 1. The van der Waals surface area contributed by atoms with Crippen molar-refractivity contribution in [2.24, 2.45) is 15.6 Å². The summed E-state index contributed by atoms with van der Waals surface area (Å²) in [6, 6.07) is 19.5. The van der Waals surface area contributed by atoms with Gasteiger partial charge in [-0.2, -0.15) is 4.68 Å². The predicted octanol–water partition coefficient (Wildman–Crippen LogP) is 7.73. The Morgan fingerprint density at radius 2 is 1.61 bits per heavy atom. The third kappa shape index (κ3) is 5.12. The minimum atomic E-state index is -0.310. The minimum absolute atomic E-state index is 0.146. The molecule has 0 atom stereocenters. The van der Waals surface area contributed by atoms with E-state index in [4.69, 9.17) is 4.98 Å². The number of azo groups is 1. The molecule has 182 valence electrons. The van der Waals surface area contributed by atoms with Gasteiger partial charge in [-0.15, -0.1) is 21.6 Å². The standard InChI is InChI=1S/C27H26N6OS2/c1-17-21(15-27(2,3)4)36-25(28-17)31-30-23-22(19-13-9-6-10-14-19)32-33(24(23)34)26-29-20(16-35-26)18-11-7-5-8-12-18/h5-14,16,32H,15H2,1-4H3. The Balaban J connectivity index is 1.55. The fourth-order valence-electron chi connectivity index (χ4n) is 3.76. The molecule has 1 N–H and O–H groups in total. The Morgan fingerprint density at radius 3 is 2.28 bits per heavy atom. The summed E-state index contributed by atoms with van der Waals surface area (Å²) in [7, 11) is 0. The van der Waals surface area contributed by atoms with Gasteiger partial charge in [0.25, 0.3) is 0 Å². The molecule has 0 radical (unpaired) electrons. The van der Waals surface area contributed by atoms with Crippen LogP contribution in [0.2, 0.25) is 0 Å². The summed E-state index contributed by atoms with van der Waals surface area (Å²) < 4.78 is 1.44. The highest BCUT2D eigenvalue weighted by Crippen LogP contribution is 2.33. The van der Waals surface area contributed by atoms with Gasteiger partial charge in [-0.3, -0.25) is 9.89 Å². The van der Waals surface area contributed by atoms with Crippen molar-refractivity contribution >= 4 is 33.5 Å². The zero-order valence-corrected chi connectivity index (χ0v) is 22.2. The first-order valence-electron chi connectivity index (χ1n) is 11.6. The molecule has 2 aromatic carbocycles. The lowest BCUT2D eigenvalue weighted by Gasteiger charge is -2.16. The molecular weight excluding hydrogens is 488 g/mol. The van der Waals surface area contributed by atoms with Gasteiger partial charge in [0.1, 0.15) is 0 Å². The minimum Gasteiger partial charge on any atom is -0.286 e. The van der Waals surface area contributed by atoms with Gasteiger partial charge in [-0.1, -0.05) is 92.8 Å². The topological polar surface area (TPSA) is 88.3 Å². The van der Waals surface area contributed by atoms with Crippen LogP contribution in [-0.2, 0) is 6.42 Å². The van der Waals surface area contributed by atoms with Gasteiger partial charge in [-0.05, 0) is 18.8 Å². The zero-order chi connectivity index (χ0) is 25.3. The smallest absolute Gasteiger partial charge is 0.286 e. The maximum atomic E-state index is 13.5. The fraction of sp³-hybridized carbons (Fsp3) is 0.222. The number of aromatic amines is 1. The van der Waals surface area contributed by atoms with E-state index in [0.717, 1.165) is 28.9 Å². The van der Waals surface area contributed by atoms with Gasteiger partial charge in [0.15, 0.2) is 5.69 Å². The molecule has 5 aromatic rings. The molecule has 9 heteroatoms. The Bertz CT molecular complexity index is 1570. The number of benzene rings is 2. The molecule has 3 aromatic heterocycles. The van der Waals surface area contributed by atoms with Crippen LogP contribution in [0, 0.1) is 12.3 Å². The van der Waals surface area contributed by atoms with Gasteiger partial charge in [0.05, 0.1) is 17.1 Å². The normalized spacial score (nSPS) is 12.0. The van der Waals surface area contributed by atoms with Crippen molar-refractivity contribution in [3.8, 4) is 27.6 Å². The SMILES string of the molecule is Cc1nc(N=Nc2c(-c3ccccc3)[nH]n(-c3nc(-c4ccccc4)cs3)c2=O)sc1CC(C)(C)C. The highest BCUT2D eigenvalue weighted by Gasteiger charge is 2.20. The van der Waals surface area contributed by atoms with Crippen molar-refractivity contribution in [1.82, 2.24) is 19.7 Å². The van der Waals surface area contributed by atoms with Crippen molar-refractivity contribution < 1.29 is 0 Å². The summed E-state index contributed by atoms with van der Waals surface area (Å²) in [4.78, 5) is 24.0. The first-order chi connectivity index (χ1) is 17.3. The second kappa shape index (κ2) is 9.75. The molecule has 7 nitrogen and oxygen atoms in total. The summed E-state index contributed by atoms with van der Waals surface area (Å²) in [5.74, 6) is 0. The molecule has 5 rings (SSSR count). The maximum absolute atomic E-state index is 13.5. The number of H-pyrrole nitrogens is 1. The van der Waals surface area contributed by atoms with Gasteiger partial charge < -0.3 is 0 Å². The number of nitrogens with zero attached hydrogens (tertiary/aromatic N) is 5. The van der Waals surface area contributed by atoms with Crippen LogP contribution in [0.4, 0.5) is 10.8 Å². The molecule has 0 fully saturated rings. The molecule has 0 saturated heterocycles. The number of rotatable bonds is 6. The van der Waals surface area contributed by atoms with E-state index in [-0.39, 0.29) is 16.7 Å². The predicted molar refractivity (Wildman–Crippen MR) is 147 cm³/mol. The lowest BCUT2D eigenvalue weighted by Crippen LogP contribution is -2.13. The van der Waals surface area contributed by atoms with E-state index < -0.39 is 0 Å². The summed E-state index contributed by atoms with van der Waals surface area (Å²) in [6.45, 7) is 8.58. The van der Waals surface area contributed by atoms with Gasteiger partial charge in [-0.25, -0.2) is 9.97 Å². The van der Waals surface area contributed by atoms with E-state index in [9.17, 15) is 4.79 Å². The molecule has 36 heavy (non-hydrogen) atoms. The number of aromatic nitrogens is 4. The Morgan fingerprint density at radius 1 is 0.944 bits per heavy atom. The highest BCUT2D eigenvalue weighted by molar-refractivity contribution is 7.15. The fourth-order valence-corrected chi connectivity index (χ4v) is 5.74. The number of hydrogen-bond acceptors (Lipinski definition) is 7. The third-order valence-corrected chi connectivity index (χ3v) is 7.36. The van der Waals surface area contributed by atoms with E-state index in [1.807, 2.05) is 73.0 Å². The average molecular weight is 515 g/mol. The number of hydrogen-bond donors (Lipinski definition) is 1. The molecule has 0 spiro atoms. The molecular formula is C27H26N6OS2. The highest BCUT2D eigenvalue weighted by atomic mass is 32.1. The zero-order valence-electron chi connectivity index (χ0n) is 20.5. The Kier molecular flexibility index (Phi) is 6.51. The number of aryl methyl sites for hydroxylation is 1. The van der Waals surface area contributed by atoms with Crippen LogP contribution in [0.1, 0.15) is 31.3 Å². The second-order valence-electron chi connectivity index (χ2n) is 9.67. The Labute approximate surface area is 217 Å². The molecule has 0 aliphatic rings. The van der Waals surface area contributed by atoms with Gasteiger partial charge in [0, 0.05) is 21.4 Å². The van der Waals surface area contributed by atoms with E-state index in [0.29, 0.717) is 16.0 Å². The quantitative estimate of drug-likeness (QED) is 0.235. The van der Waals surface area contributed by atoms with Gasteiger partial charge >= 0.3 is 5.56 Å². The van der Waals surface area contributed by atoms with Crippen molar-refractivity contribution in [2.75, 3.05) is 0 Å². The lowest BCUT2D eigenvalue weighted by molar-refractivity contribution is 0.413. The lowest BCUT2D eigenvalue weighted by atomic mass is 9.91. The maximum Gasteiger partial charge on any atom is 0.301 e. The van der Waals surface area contributed by atoms with E-state index in [1.165, 1.54) is 32.2 Å². The van der Waals surface area contributed by atoms with Crippen LogP contribution in [0.3, 0.4) is 0 Å². The molecule has 0 saturated carbocycles. The van der Waals surface area contributed by atoms with Crippen molar-refractivity contribution in [3.63, 3.8) is 0 Å². The molecule has 3 heterocycles. The van der Waals surface area contributed by atoms with Crippen molar-refractivity contribution in [1.29, 1.82) is 0 Å². The number of thiazole rings is 2. The molecule has 0 amide bonds. The van der Waals surface area contributed by atoms with Crippen LogP contribution in [0.25, 0.3) is 27.6 Å².